The topological polar surface area (TPSA) is 41.5 Å². The second kappa shape index (κ2) is 5.05. The number of nitrogens with one attached hydrogen (secondary N) is 1. The molecule has 0 amide bonds. The lowest BCUT2D eigenvalue weighted by Gasteiger charge is -2.74. The van der Waals surface area contributed by atoms with Gasteiger partial charge in [-0.2, -0.15) is 0 Å². The molecule has 2 spiro atoms. The van der Waals surface area contributed by atoms with Gasteiger partial charge in [-0.05, 0) is 80.4 Å². The summed E-state index contributed by atoms with van der Waals surface area (Å²) in [6, 6.07) is 5.15. The lowest BCUT2D eigenvalue weighted by Crippen LogP contribution is -2.79. The molecule has 1 aromatic carbocycles. The molecule has 3 heteroatoms. The number of aryl methyl sites for hydroxylation is 1. The molecule has 7 atom stereocenters. The molecule has 1 aromatic rings. The van der Waals surface area contributed by atoms with E-state index in [0.717, 1.165) is 25.8 Å². The zero-order valence-corrected chi connectivity index (χ0v) is 19.0. The number of rotatable bonds is 1. The Morgan fingerprint density at radius 1 is 1.14 bits per heavy atom. The molecule has 3 nitrogen and oxygen atoms in total. The molecule has 158 valence electrons. The van der Waals surface area contributed by atoms with Crippen LogP contribution in [0.4, 0.5) is 0 Å². The third kappa shape index (κ3) is 1.78. The zero-order chi connectivity index (χ0) is 20.6. The second-order valence-corrected chi connectivity index (χ2v) is 12.5. The summed E-state index contributed by atoms with van der Waals surface area (Å²) < 4.78 is 7.04. The van der Waals surface area contributed by atoms with Gasteiger partial charge in [-0.25, -0.2) is 0 Å². The van der Waals surface area contributed by atoms with Crippen molar-refractivity contribution < 1.29 is 9.84 Å². The molecule has 0 radical (unpaired) electrons. The summed E-state index contributed by atoms with van der Waals surface area (Å²) in [6.07, 6.45) is 6.04. The highest BCUT2D eigenvalue weighted by atomic mass is 16.5. The van der Waals surface area contributed by atoms with Crippen molar-refractivity contribution in [2.75, 3.05) is 6.54 Å². The van der Waals surface area contributed by atoms with E-state index in [2.05, 4.69) is 59.0 Å². The Kier molecular flexibility index (Phi) is 3.25. The molecule has 29 heavy (non-hydrogen) atoms. The van der Waals surface area contributed by atoms with Gasteiger partial charge in [0.25, 0.3) is 0 Å². The van der Waals surface area contributed by atoms with Crippen molar-refractivity contribution in [2.24, 2.45) is 22.2 Å². The minimum absolute atomic E-state index is 0.000486. The first-order chi connectivity index (χ1) is 13.5. The maximum atomic E-state index is 12.0. The van der Waals surface area contributed by atoms with E-state index in [4.69, 9.17) is 4.74 Å². The first kappa shape index (κ1) is 18.7. The molecule has 4 aliphatic carbocycles. The number of hydrogen-bond donors (Lipinski definition) is 2. The summed E-state index contributed by atoms with van der Waals surface area (Å²) >= 11 is 0. The molecule has 2 N–H and O–H groups in total. The van der Waals surface area contributed by atoms with Gasteiger partial charge in [-0.1, -0.05) is 39.8 Å². The third-order valence-electron chi connectivity index (χ3n) is 10.7. The van der Waals surface area contributed by atoms with Crippen LogP contribution in [-0.2, 0) is 11.8 Å². The van der Waals surface area contributed by atoms with Crippen LogP contribution in [0.25, 0.3) is 0 Å². The summed E-state index contributed by atoms with van der Waals surface area (Å²) in [7, 11) is 0. The predicted molar refractivity (Wildman–Crippen MR) is 115 cm³/mol. The van der Waals surface area contributed by atoms with Gasteiger partial charge >= 0.3 is 0 Å². The van der Waals surface area contributed by atoms with Crippen molar-refractivity contribution in [3.63, 3.8) is 0 Å². The van der Waals surface area contributed by atoms with E-state index >= 15 is 0 Å². The average Bonchev–Trinajstić information content (AvgIpc) is 2.99. The highest BCUT2D eigenvalue weighted by Gasteiger charge is 2.79. The maximum absolute atomic E-state index is 12.0. The van der Waals surface area contributed by atoms with E-state index in [0.29, 0.717) is 6.04 Å². The van der Waals surface area contributed by atoms with Gasteiger partial charge in [0.2, 0.25) is 0 Å². The van der Waals surface area contributed by atoms with Gasteiger partial charge in [0.1, 0.15) is 11.9 Å². The van der Waals surface area contributed by atoms with Crippen LogP contribution in [0.15, 0.2) is 12.1 Å². The molecule has 5 unspecified atom stereocenters. The highest BCUT2D eigenvalue weighted by Crippen LogP contribution is 2.78. The first-order valence-electron chi connectivity index (χ1n) is 11.7. The molecule has 0 aromatic heterocycles. The van der Waals surface area contributed by atoms with Crippen LogP contribution in [0.1, 0.15) is 77.0 Å². The molecule has 3 saturated carbocycles. The monoisotopic (exact) mass is 395 g/mol. The lowest BCUT2D eigenvalue weighted by molar-refractivity contribution is -0.263. The van der Waals surface area contributed by atoms with Crippen LogP contribution in [0.2, 0.25) is 0 Å². The fourth-order valence-corrected chi connectivity index (χ4v) is 8.80. The van der Waals surface area contributed by atoms with Crippen LogP contribution >= 0.6 is 0 Å². The molecular formula is C26H37NO2. The molecule has 6 aliphatic rings. The van der Waals surface area contributed by atoms with Gasteiger partial charge in [0.05, 0.1) is 5.60 Å². The number of hydrogen-bond acceptors (Lipinski definition) is 3. The molecule has 1 saturated heterocycles. The van der Waals surface area contributed by atoms with E-state index in [1.54, 1.807) is 5.56 Å². The summed E-state index contributed by atoms with van der Waals surface area (Å²) in [5.41, 5.74) is 3.84. The number of fused-ring (bicyclic) bond motifs is 2. The average molecular weight is 396 g/mol. The fourth-order valence-electron chi connectivity index (χ4n) is 8.80. The van der Waals surface area contributed by atoms with Crippen molar-refractivity contribution in [1.82, 2.24) is 5.32 Å². The summed E-state index contributed by atoms with van der Waals surface area (Å²) in [4.78, 5) is 0. The zero-order valence-electron chi connectivity index (χ0n) is 19.0. The molecule has 2 aliphatic heterocycles. The van der Waals surface area contributed by atoms with E-state index in [9.17, 15) is 5.11 Å². The first-order valence-corrected chi connectivity index (χ1v) is 11.7. The van der Waals surface area contributed by atoms with Gasteiger partial charge in [-0.3, -0.25) is 0 Å². The van der Waals surface area contributed by atoms with Crippen LogP contribution in [0, 0.1) is 29.1 Å². The van der Waals surface area contributed by atoms with E-state index in [-0.39, 0.29) is 33.7 Å². The number of piperidine rings is 1. The SMILES string of the molecule is Cc1ccc2c3c1OC1C4(C)CCC5(CC4C(C)(O)C(C)(C)C)[C@@H](C2)NCC[C@]315. The summed E-state index contributed by atoms with van der Waals surface area (Å²) in [6.45, 7) is 14.5. The van der Waals surface area contributed by atoms with Crippen molar-refractivity contribution in [2.45, 2.75) is 96.8 Å². The van der Waals surface area contributed by atoms with Gasteiger partial charge in [0, 0.05) is 22.4 Å². The summed E-state index contributed by atoms with van der Waals surface area (Å²) in [5.74, 6) is 1.45. The lowest BCUT2D eigenvalue weighted by atomic mass is 9.31. The van der Waals surface area contributed by atoms with Gasteiger partial charge in [0.15, 0.2) is 0 Å². The standard InChI is InChI=1S/C26H37NO2/c1-15-7-8-16-13-18-25-10-9-23(5,17(14-25)24(6,28)22(2,3)4)21-26(25,11-12-27-18)19(16)20(15)29-21/h7-8,17-18,21,27-28H,9-14H2,1-6H3/t17?,18-,21?,23?,24?,25?,26+/m1/s1. The Morgan fingerprint density at radius 3 is 2.62 bits per heavy atom. The van der Waals surface area contributed by atoms with Crippen LogP contribution in [-0.4, -0.2) is 29.4 Å². The number of aliphatic hydroxyl groups is 1. The maximum Gasteiger partial charge on any atom is 0.126 e. The van der Waals surface area contributed by atoms with Crippen LogP contribution in [0.3, 0.4) is 0 Å². The number of benzene rings is 1. The Labute approximate surface area is 175 Å². The molecular weight excluding hydrogens is 358 g/mol. The quantitative estimate of drug-likeness (QED) is 0.735. The summed E-state index contributed by atoms with van der Waals surface area (Å²) in [5, 5.41) is 15.9. The van der Waals surface area contributed by atoms with E-state index in [1.165, 1.54) is 29.7 Å². The number of ether oxygens (including phenoxy) is 1. The van der Waals surface area contributed by atoms with E-state index < -0.39 is 5.60 Å². The Balaban J connectivity index is 1.63. The molecule has 7 rings (SSSR count). The molecule has 4 bridgehead atoms. The highest BCUT2D eigenvalue weighted by molar-refractivity contribution is 5.60. The van der Waals surface area contributed by atoms with Crippen LogP contribution in [0.5, 0.6) is 5.75 Å². The Hall–Kier alpha value is -1.06. The Morgan fingerprint density at radius 2 is 1.90 bits per heavy atom. The molecule has 2 heterocycles. The predicted octanol–water partition coefficient (Wildman–Crippen LogP) is 4.52. The van der Waals surface area contributed by atoms with Gasteiger partial charge in [-0.15, -0.1) is 0 Å². The van der Waals surface area contributed by atoms with Crippen molar-refractivity contribution >= 4 is 0 Å². The van der Waals surface area contributed by atoms with Crippen molar-refractivity contribution in [3.8, 4) is 5.75 Å². The third-order valence-corrected chi connectivity index (χ3v) is 10.7. The normalized spacial score (nSPS) is 46.1. The van der Waals surface area contributed by atoms with Gasteiger partial charge < -0.3 is 15.2 Å². The van der Waals surface area contributed by atoms with Crippen LogP contribution < -0.4 is 10.1 Å². The minimum Gasteiger partial charge on any atom is -0.488 e. The Bertz CT molecular complexity index is 914. The molecule has 4 fully saturated rings. The van der Waals surface area contributed by atoms with Crippen molar-refractivity contribution in [1.29, 1.82) is 0 Å². The smallest absolute Gasteiger partial charge is 0.126 e. The van der Waals surface area contributed by atoms with E-state index in [1.807, 2.05) is 0 Å². The fraction of sp³-hybridized carbons (Fsp3) is 0.769. The largest absolute Gasteiger partial charge is 0.488 e. The second-order valence-electron chi connectivity index (χ2n) is 12.5. The van der Waals surface area contributed by atoms with Crippen molar-refractivity contribution in [3.05, 3.63) is 28.8 Å². The minimum atomic E-state index is -0.724.